The second-order valence-corrected chi connectivity index (χ2v) is 3.95. The summed E-state index contributed by atoms with van der Waals surface area (Å²) in [5.74, 6) is -0.899. The first-order chi connectivity index (χ1) is 8.53. The number of methoxy groups -OCH3 is 2. The molecule has 0 bridgehead atoms. The summed E-state index contributed by atoms with van der Waals surface area (Å²) in [7, 11) is 2.88. The summed E-state index contributed by atoms with van der Waals surface area (Å²) < 4.78 is 15.2. The van der Waals surface area contributed by atoms with Crippen molar-refractivity contribution in [2.45, 2.75) is 0 Å². The van der Waals surface area contributed by atoms with Gasteiger partial charge in [0.15, 0.2) is 0 Å². The molecule has 18 heavy (non-hydrogen) atoms. The summed E-state index contributed by atoms with van der Waals surface area (Å²) in [5.41, 5.74) is 0.111. The van der Waals surface area contributed by atoms with E-state index in [0.717, 1.165) is 6.08 Å². The fourth-order valence-electron chi connectivity index (χ4n) is 1.21. The molecule has 0 aromatic heterocycles. The van der Waals surface area contributed by atoms with E-state index in [1.165, 1.54) is 26.4 Å². The van der Waals surface area contributed by atoms with Crippen LogP contribution in [-0.4, -0.2) is 26.2 Å². The van der Waals surface area contributed by atoms with Gasteiger partial charge >= 0.3 is 11.9 Å². The lowest BCUT2D eigenvalue weighted by Crippen LogP contribution is -2.11. The zero-order chi connectivity index (χ0) is 13.7. The fraction of sp³-hybridized carbons (Fsp3) is 0.167. The summed E-state index contributed by atoms with van der Waals surface area (Å²) in [5, 5.41) is 0. The first-order valence-electron chi connectivity index (χ1n) is 4.83. The van der Waals surface area contributed by atoms with Crippen LogP contribution in [0.25, 0.3) is 0 Å². The lowest BCUT2D eigenvalue weighted by atomic mass is 10.2. The highest BCUT2D eigenvalue weighted by atomic mass is 79.9. The number of carbonyl (C=O) groups is 2. The van der Waals surface area contributed by atoms with Gasteiger partial charge in [-0.25, -0.2) is 9.59 Å². The number of benzene rings is 1. The Morgan fingerprint density at radius 3 is 2.33 bits per heavy atom. The van der Waals surface area contributed by atoms with Gasteiger partial charge in [-0.15, -0.1) is 0 Å². The summed E-state index contributed by atoms with van der Waals surface area (Å²) in [6.07, 6.45) is 0.906. The van der Waals surface area contributed by atoms with Gasteiger partial charge in [-0.05, 0) is 22.0 Å². The Balaban J connectivity index is 3.15. The quantitative estimate of drug-likeness (QED) is 0.485. The summed E-state index contributed by atoms with van der Waals surface area (Å²) >= 11 is 3.23. The molecule has 5 nitrogen and oxygen atoms in total. The van der Waals surface area contributed by atoms with E-state index in [9.17, 15) is 9.59 Å². The molecular weight excluding hydrogens is 304 g/mol. The lowest BCUT2D eigenvalue weighted by Gasteiger charge is -2.10. The maximum Gasteiger partial charge on any atom is 0.349 e. The van der Waals surface area contributed by atoms with Crippen LogP contribution in [-0.2, 0) is 9.53 Å². The third-order valence-corrected chi connectivity index (χ3v) is 2.67. The van der Waals surface area contributed by atoms with Gasteiger partial charge in [0.1, 0.15) is 17.1 Å². The van der Waals surface area contributed by atoms with Crippen LogP contribution in [0.2, 0.25) is 0 Å². The number of rotatable bonds is 4. The summed E-state index contributed by atoms with van der Waals surface area (Å²) in [6.45, 7) is 3.21. The van der Waals surface area contributed by atoms with Gasteiger partial charge < -0.3 is 14.2 Å². The van der Waals surface area contributed by atoms with Crippen molar-refractivity contribution in [3.8, 4) is 11.5 Å². The predicted molar refractivity (Wildman–Crippen MR) is 67.9 cm³/mol. The van der Waals surface area contributed by atoms with Gasteiger partial charge in [-0.1, -0.05) is 6.58 Å². The zero-order valence-corrected chi connectivity index (χ0v) is 11.4. The second kappa shape index (κ2) is 6.20. The molecule has 0 amide bonds. The monoisotopic (exact) mass is 314 g/mol. The van der Waals surface area contributed by atoms with Crippen LogP contribution in [0.3, 0.4) is 0 Å². The standard InChI is InChI=1S/C12H11BrO5/c1-4-11(14)18-12(15)7-5-8(13)10(17-3)6-9(7)16-2/h4-6H,1H2,2-3H3. The van der Waals surface area contributed by atoms with Crippen LogP contribution < -0.4 is 9.47 Å². The molecule has 0 saturated heterocycles. The fourth-order valence-corrected chi connectivity index (χ4v) is 1.71. The molecule has 96 valence electrons. The van der Waals surface area contributed by atoms with Crippen molar-refractivity contribution in [3.63, 3.8) is 0 Å². The highest BCUT2D eigenvalue weighted by Gasteiger charge is 2.19. The van der Waals surface area contributed by atoms with E-state index in [1.54, 1.807) is 0 Å². The van der Waals surface area contributed by atoms with E-state index in [2.05, 4.69) is 27.2 Å². The van der Waals surface area contributed by atoms with Gasteiger partial charge in [0, 0.05) is 12.1 Å². The Labute approximate surface area is 112 Å². The molecule has 0 aliphatic heterocycles. The molecule has 0 saturated carbocycles. The molecule has 0 spiro atoms. The topological polar surface area (TPSA) is 61.8 Å². The Hall–Kier alpha value is -1.82. The highest BCUT2D eigenvalue weighted by molar-refractivity contribution is 9.10. The zero-order valence-electron chi connectivity index (χ0n) is 9.86. The summed E-state index contributed by atoms with van der Waals surface area (Å²) in [4.78, 5) is 22.7. The molecule has 1 aromatic rings. The van der Waals surface area contributed by atoms with Crippen LogP contribution >= 0.6 is 15.9 Å². The first-order valence-corrected chi connectivity index (χ1v) is 5.62. The van der Waals surface area contributed by atoms with Crippen molar-refractivity contribution in [1.29, 1.82) is 0 Å². The normalized spacial score (nSPS) is 9.50. The number of hydrogen-bond donors (Lipinski definition) is 0. The van der Waals surface area contributed by atoms with Gasteiger partial charge in [-0.2, -0.15) is 0 Å². The molecule has 6 heteroatoms. The van der Waals surface area contributed by atoms with Gasteiger partial charge in [0.25, 0.3) is 0 Å². The Bertz CT molecular complexity index is 495. The smallest absolute Gasteiger partial charge is 0.349 e. The molecular formula is C12H11BrO5. The molecule has 0 heterocycles. The highest BCUT2D eigenvalue weighted by Crippen LogP contribution is 2.33. The largest absolute Gasteiger partial charge is 0.496 e. The molecule has 1 rings (SSSR count). The van der Waals surface area contributed by atoms with E-state index >= 15 is 0 Å². The van der Waals surface area contributed by atoms with Gasteiger partial charge in [0.2, 0.25) is 0 Å². The van der Waals surface area contributed by atoms with Gasteiger partial charge in [-0.3, -0.25) is 0 Å². The first kappa shape index (κ1) is 14.2. The third-order valence-electron chi connectivity index (χ3n) is 2.05. The maximum atomic E-state index is 11.7. The molecule has 0 atom stereocenters. The van der Waals surface area contributed by atoms with Crippen molar-refractivity contribution >= 4 is 27.9 Å². The minimum Gasteiger partial charge on any atom is -0.496 e. The van der Waals surface area contributed by atoms with E-state index in [4.69, 9.17) is 9.47 Å². The average molecular weight is 315 g/mol. The van der Waals surface area contributed by atoms with Crippen molar-refractivity contribution in [1.82, 2.24) is 0 Å². The average Bonchev–Trinajstić information content (AvgIpc) is 2.38. The molecule has 1 aromatic carbocycles. The van der Waals surface area contributed by atoms with Crippen molar-refractivity contribution in [2.24, 2.45) is 0 Å². The molecule has 0 N–H and O–H groups in total. The van der Waals surface area contributed by atoms with E-state index in [-0.39, 0.29) is 11.3 Å². The second-order valence-electron chi connectivity index (χ2n) is 3.10. The number of carbonyl (C=O) groups excluding carboxylic acids is 2. The minimum absolute atomic E-state index is 0.111. The molecule has 0 aliphatic rings. The predicted octanol–water partition coefficient (Wildman–Crippen LogP) is 2.34. The van der Waals surface area contributed by atoms with E-state index in [1.807, 2.05) is 0 Å². The third kappa shape index (κ3) is 3.10. The van der Waals surface area contributed by atoms with Gasteiger partial charge in [0.05, 0.1) is 18.7 Å². The van der Waals surface area contributed by atoms with Crippen LogP contribution in [0.15, 0.2) is 29.3 Å². The summed E-state index contributed by atoms with van der Waals surface area (Å²) in [6, 6.07) is 2.97. The SMILES string of the molecule is C=CC(=O)OC(=O)c1cc(Br)c(OC)cc1OC. The Morgan fingerprint density at radius 2 is 1.83 bits per heavy atom. The minimum atomic E-state index is -0.825. The Kier molecular flexibility index (Phi) is 4.91. The Morgan fingerprint density at radius 1 is 1.22 bits per heavy atom. The van der Waals surface area contributed by atoms with Crippen LogP contribution in [0.1, 0.15) is 10.4 Å². The number of ether oxygens (including phenoxy) is 3. The van der Waals surface area contributed by atoms with E-state index < -0.39 is 11.9 Å². The van der Waals surface area contributed by atoms with E-state index in [0.29, 0.717) is 10.2 Å². The molecule has 0 aliphatic carbocycles. The molecule has 0 unspecified atom stereocenters. The van der Waals surface area contributed by atoms with Crippen molar-refractivity contribution in [2.75, 3.05) is 14.2 Å². The lowest BCUT2D eigenvalue weighted by molar-refractivity contribution is -0.132. The van der Waals surface area contributed by atoms with Crippen molar-refractivity contribution in [3.05, 3.63) is 34.8 Å². The van der Waals surface area contributed by atoms with Crippen LogP contribution in [0.5, 0.6) is 11.5 Å². The molecule has 0 fully saturated rings. The number of halogens is 1. The molecule has 0 radical (unpaired) electrons. The van der Waals surface area contributed by atoms with Crippen LogP contribution in [0, 0.1) is 0 Å². The number of esters is 2. The van der Waals surface area contributed by atoms with Crippen molar-refractivity contribution < 1.29 is 23.8 Å². The number of hydrogen-bond acceptors (Lipinski definition) is 5. The maximum absolute atomic E-state index is 11.7. The van der Waals surface area contributed by atoms with Crippen LogP contribution in [0.4, 0.5) is 0 Å².